The summed E-state index contributed by atoms with van der Waals surface area (Å²) >= 11 is 0. The Morgan fingerprint density at radius 1 is 0.392 bits per heavy atom. The molecule has 0 atom stereocenters. The van der Waals surface area contributed by atoms with Crippen LogP contribution in [0.1, 0.15) is 0 Å². The molecule has 51 heavy (non-hydrogen) atoms. The zero-order chi connectivity index (χ0) is 33.5. The van der Waals surface area contributed by atoms with E-state index in [4.69, 9.17) is 23.8 Å². The molecule has 0 radical (unpaired) electrons. The van der Waals surface area contributed by atoms with Crippen molar-refractivity contribution in [3.8, 4) is 39.9 Å². The van der Waals surface area contributed by atoms with Gasteiger partial charge in [-0.25, -0.2) is 15.0 Å². The van der Waals surface area contributed by atoms with Gasteiger partial charge in [0.25, 0.3) is 0 Å². The summed E-state index contributed by atoms with van der Waals surface area (Å²) in [5, 5.41) is 6.47. The predicted molar refractivity (Wildman–Crippen MR) is 205 cm³/mol. The second-order valence-electron chi connectivity index (χ2n) is 12.8. The predicted octanol–water partition coefficient (Wildman–Crippen LogP) is 11.8. The fourth-order valence-corrected chi connectivity index (χ4v) is 7.60. The van der Waals surface area contributed by atoms with E-state index in [1.165, 1.54) is 10.8 Å². The minimum atomic E-state index is 0.538. The molecular formula is C45H26N4O2. The number of hydrogen-bond acceptors (Lipinski definition) is 5. The molecule has 0 aliphatic rings. The molecule has 4 aromatic heterocycles. The van der Waals surface area contributed by atoms with Crippen molar-refractivity contribution in [3.63, 3.8) is 0 Å². The zero-order valence-electron chi connectivity index (χ0n) is 27.1. The normalized spacial score (nSPS) is 11.9. The van der Waals surface area contributed by atoms with Gasteiger partial charge in [0.15, 0.2) is 17.5 Å². The summed E-state index contributed by atoms with van der Waals surface area (Å²) in [5.41, 5.74) is 9.06. The molecule has 6 heteroatoms. The molecule has 4 heterocycles. The summed E-state index contributed by atoms with van der Waals surface area (Å²) < 4.78 is 15.3. The third-order valence-corrected chi connectivity index (χ3v) is 9.87. The molecule has 238 valence electrons. The number of fused-ring (bicyclic) bond motifs is 9. The van der Waals surface area contributed by atoms with Gasteiger partial charge in [0, 0.05) is 55.2 Å². The highest BCUT2D eigenvalue weighted by Crippen LogP contribution is 2.40. The van der Waals surface area contributed by atoms with E-state index in [1.807, 2.05) is 72.8 Å². The molecule has 0 aliphatic heterocycles. The minimum absolute atomic E-state index is 0.538. The number of hydrogen-bond donors (Lipinski definition) is 0. The van der Waals surface area contributed by atoms with Gasteiger partial charge < -0.3 is 13.4 Å². The van der Waals surface area contributed by atoms with Gasteiger partial charge in [-0.3, -0.25) is 0 Å². The second-order valence-corrected chi connectivity index (χ2v) is 12.8. The zero-order valence-corrected chi connectivity index (χ0v) is 27.1. The van der Waals surface area contributed by atoms with Crippen LogP contribution in [-0.2, 0) is 0 Å². The number of aromatic nitrogens is 4. The van der Waals surface area contributed by atoms with Gasteiger partial charge in [0.05, 0.1) is 16.6 Å². The summed E-state index contributed by atoms with van der Waals surface area (Å²) in [6, 6.07) is 53.9. The average molecular weight is 655 g/mol. The topological polar surface area (TPSA) is 69.9 Å². The lowest BCUT2D eigenvalue weighted by Gasteiger charge is -2.09. The Bertz CT molecular complexity index is 3100. The molecule has 0 spiro atoms. The summed E-state index contributed by atoms with van der Waals surface area (Å²) in [6.45, 7) is 0. The molecular weight excluding hydrogens is 629 g/mol. The molecule has 11 rings (SSSR count). The van der Waals surface area contributed by atoms with Gasteiger partial charge in [-0.05, 0) is 42.5 Å². The first-order chi connectivity index (χ1) is 25.3. The Morgan fingerprint density at radius 3 is 1.80 bits per heavy atom. The van der Waals surface area contributed by atoms with Crippen molar-refractivity contribution in [3.05, 3.63) is 158 Å². The third kappa shape index (κ3) is 4.20. The maximum atomic E-state index is 6.78. The van der Waals surface area contributed by atoms with Crippen molar-refractivity contribution in [2.75, 3.05) is 0 Å². The molecule has 0 saturated heterocycles. The van der Waals surface area contributed by atoms with Crippen LogP contribution >= 0.6 is 0 Å². The number of furan rings is 2. The average Bonchev–Trinajstić information content (AvgIpc) is 3.87. The van der Waals surface area contributed by atoms with Crippen LogP contribution in [-0.4, -0.2) is 19.5 Å². The highest BCUT2D eigenvalue weighted by Gasteiger charge is 2.21. The van der Waals surface area contributed by atoms with Gasteiger partial charge in [0.1, 0.15) is 22.3 Å². The monoisotopic (exact) mass is 654 g/mol. The molecule has 0 fully saturated rings. The Balaban J connectivity index is 1.14. The van der Waals surface area contributed by atoms with E-state index >= 15 is 0 Å². The first kappa shape index (κ1) is 27.9. The van der Waals surface area contributed by atoms with E-state index in [2.05, 4.69) is 89.5 Å². The Hall–Kier alpha value is -7.05. The molecule has 0 saturated carbocycles. The van der Waals surface area contributed by atoms with Crippen LogP contribution in [0.3, 0.4) is 0 Å². The molecule has 11 aromatic rings. The van der Waals surface area contributed by atoms with Crippen LogP contribution in [0.2, 0.25) is 0 Å². The van der Waals surface area contributed by atoms with Crippen molar-refractivity contribution in [2.45, 2.75) is 0 Å². The van der Waals surface area contributed by atoms with Gasteiger partial charge in [-0.15, -0.1) is 0 Å². The first-order valence-corrected chi connectivity index (χ1v) is 16.9. The first-order valence-electron chi connectivity index (χ1n) is 16.9. The minimum Gasteiger partial charge on any atom is -0.456 e. The van der Waals surface area contributed by atoms with Crippen molar-refractivity contribution in [2.24, 2.45) is 0 Å². The second kappa shape index (κ2) is 10.7. The van der Waals surface area contributed by atoms with Crippen LogP contribution in [0.25, 0.3) is 106 Å². The lowest BCUT2D eigenvalue weighted by atomic mass is 10.0. The summed E-state index contributed by atoms with van der Waals surface area (Å²) in [7, 11) is 0. The molecule has 6 nitrogen and oxygen atoms in total. The molecule has 0 unspecified atom stereocenters. The fourth-order valence-electron chi connectivity index (χ4n) is 7.60. The quantitative estimate of drug-likeness (QED) is 0.189. The Morgan fingerprint density at radius 2 is 1.00 bits per heavy atom. The molecule has 0 bridgehead atoms. The van der Waals surface area contributed by atoms with Crippen LogP contribution < -0.4 is 0 Å². The van der Waals surface area contributed by atoms with Crippen LogP contribution in [0.4, 0.5) is 0 Å². The Labute approximate surface area is 290 Å². The van der Waals surface area contributed by atoms with Gasteiger partial charge >= 0.3 is 0 Å². The van der Waals surface area contributed by atoms with E-state index in [9.17, 15) is 0 Å². The fraction of sp³-hybridized carbons (Fsp3) is 0. The van der Waals surface area contributed by atoms with E-state index in [1.54, 1.807) is 0 Å². The standard InChI is InChI=1S/C45H26N4O2/c1-2-12-27(13-3-1)43-46-44(34-18-11-23-39-41(34)33-16-6-9-22-38(33)50-39)48-45(47-43)35-19-10-17-32-31-25-24-28(26-40(31)51-42(32)35)49-36-20-7-4-14-29(36)30-15-5-8-21-37(30)49/h1-26H. The van der Waals surface area contributed by atoms with E-state index in [0.717, 1.165) is 77.3 Å². The summed E-state index contributed by atoms with van der Waals surface area (Å²) in [4.78, 5) is 15.3. The van der Waals surface area contributed by atoms with E-state index in [-0.39, 0.29) is 0 Å². The van der Waals surface area contributed by atoms with Crippen molar-refractivity contribution in [1.29, 1.82) is 0 Å². The lowest BCUT2D eigenvalue weighted by molar-refractivity contribution is 0.668. The van der Waals surface area contributed by atoms with E-state index in [0.29, 0.717) is 17.5 Å². The van der Waals surface area contributed by atoms with Gasteiger partial charge in [0.2, 0.25) is 0 Å². The highest BCUT2D eigenvalue weighted by molar-refractivity contribution is 6.13. The lowest BCUT2D eigenvalue weighted by Crippen LogP contribution is -2.00. The Kier molecular flexibility index (Phi) is 5.86. The summed E-state index contributed by atoms with van der Waals surface area (Å²) in [5.74, 6) is 1.69. The largest absolute Gasteiger partial charge is 0.456 e. The van der Waals surface area contributed by atoms with Crippen LogP contribution in [0.15, 0.2) is 167 Å². The number of nitrogens with zero attached hydrogens (tertiary/aromatic N) is 4. The number of rotatable bonds is 4. The van der Waals surface area contributed by atoms with Gasteiger partial charge in [-0.2, -0.15) is 0 Å². The van der Waals surface area contributed by atoms with Crippen molar-refractivity contribution >= 4 is 65.7 Å². The maximum absolute atomic E-state index is 6.78. The third-order valence-electron chi connectivity index (χ3n) is 9.87. The smallest absolute Gasteiger partial charge is 0.167 e. The highest BCUT2D eigenvalue weighted by atomic mass is 16.3. The van der Waals surface area contributed by atoms with Gasteiger partial charge in [-0.1, -0.05) is 109 Å². The SMILES string of the molecule is c1ccc(-c2nc(-c3cccc4c3oc3cc(-n5c6ccccc6c6ccccc65)ccc34)nc(-c3cccc4oc5ccccc5c34)n2)cc1. The van der Waals surface area contributed by atoms with Crippen molar-refractivity contribution < 1.29 is 8.83 Å². The number of benzene rings is 7. The maximum Gasteiger partial charge on any atom is 0.167 e. The molecule has 0 N–H and O–H groups in total. The van der Waals surface area contributed by atoms with Crippen LogP contribution in [0, 0.1) is 0 Å². The van der Waals surface area contributed by atoms with Crippen molar-refractivity contribution in [1.82, 2.24) is 19.5 Å². The summed E-state index contributed by atoms with van der Waals surface area (Å²) in [6.07, 6.45) is 0. The molecule has 0 aliphatic carbocycles. The van der Waals surface area contributed by atoms with Crippen LogP contribution in [0.5, 0.6) is 0 Å². The van der Waals surface area contributed by atoms with E-state index < -0.39 is 0 Å². The molecule has 0 amide bonds. The number of para-hydroxylation sites is 4. The molecule has 7 aromatic carbocycles.